The van der Waals surface area contributed by atoms with Crippen LogP contribution in [0, 0.1) is 0 Å². The number of hydrogen-bond donors (Lipinski definition) is 1. The minimum Gasteiger partial charge on any atom is -0.388 e. The number of piperazine rings is 1. The lowest BCUT2D eigenvalue weighted by molar-refractivity contribution is 0.105. The molecule has 0 amide bonds. The fourth-order valence-corrected chi connectivity index (χ4v) is 2.78. The van der Waals surface area contributed by atoms with Gasteiger partial charge in [0.05, 0.1) is 6.10 Å². The standard InChI is InChI=1S/C17H28N2O/c1-3-15-5-7-16(8-6-15)17(20)9-10-19-13-11-18(4-2)12-14-19/h5-8,17,20H,3-4,9-14H2,1-2H3. The van der Waals surface area contributed by atoms with E-state index >= 15 is 0 Å². The lowest BCUT2D eigenvalue weighted by atomic mass is 10.0. The summed E-state index contributed by atoms with van der Waals surface area (Å²) in [6, 6.07) is 8.38. The van der Waals surface area contributed by atoms with Crippen molar-refractivity contribution in [3.63, 3.8) is 0 Å². The molecule has 1 aliphatic rings. The van der Waals surface area contributed by atoms with Crippen LogP contribution < -0.4 is 0 Å². The maximum atomic E-state index is 10.3. The van der Waals surface area contributed by atoms with Crippen molar-refractivity contribution in [1.29, 1.82) is 0 Å². The molecule has 1 fully saturated rings. The first-order valence-corrected chi connectivity index (χ1v) is 7.94. The van der Waals surface area contributed by atoms with Gasteiger partial charge < -0.3 is 14.9 Å². The van der Waals surface area contributed by atoms with Crippen molar-refractivity contribution >= 4 is 0 Å². The lowest BCUT2D eigenvalue weighted by Crippen LogP contribution is -2.46. The van der Waals surface area contributed by atoms with Crippen molar-refractivity contribution in [2.24, 2.45) is 0 Å². The van der Waals surface area contributed by atoms with Crippen LogP contribution in [0.5, 0.6) is 0 Å². The lowest BCUT2D eigenvalue weighted by Gasteiger charge is -2.34. The molecule has 0 aromatic heterocycles. The molecule has 0 aliphatic carbocycles. The Hall–Kier alpha value is -0.900. The van der Waals surface area contributed by atoms with Gasteiger partial charge in [-0.25, -0.2) is 0 Å². The molecule has 2 rings (SSSR count). The van der Waals surface area contributed by atoms with E-state index in [1.165, 1.54) is 5.56 Å². The van der Waals surface area contributed by atoms with Gasteiger partial charge in [0.15, 0.2) is 0 Å². The second-order valence-electron chi connectivity index (χ2n) is 5.68. The molecule has 3 nitrogen and oxygen atoms in total. The van der Waals surface area contributed by atoms with E-state index in [2.05, 4.69) is 47.9 Å². The number of nitrogens with zero attached hydrogens (tertiary/aromatic N) is 2. The van der Waals surface area contributed by atoms with Gasteiger partial charge in [0.2, 0.25) is 0 Å². The molecule has 112 valence electrons. The number of hydrogen-bond acceptors (Lipinski definition) is 3. The number of rotatable bonds is 6. The minimum atomic E-state index is -0.329. The normalized spacial score (nSPS) is 19.1. The van der Waals surface area contributed by atoms with Gasteiger partial charge >= 0.3 is 0 Å². The van der Waals surface area contributed by atoms with E-state index in [1.807, 2.05) is 0 Å². The molecule has 0 spiro atoms. The summed E-state index contributed by atoms with van der Waals surface area (Å²) in [6.45, 7) is 11.1. The highest BCUT2D eigenvalue weighted by Gasteiger charge is 2.16. The Kier molecular flexibility index (Phi) is 6.02. The van der Waals surface area contributed by atoms with E-state index in [4.69, 9.17) is 0 Å². The monoisotopic (exact) mass is 276 g/mol. The van der Waals surface area contributed by atoms with Gasteiger partial charge in [0, 0.05) is 32.7 Å². The number of aliphatic hydroxyl groups is 1. The van der Waals surface area contributed by atoms with Crippen LogP contribution >= 0.6 is 0 Å². The van der Waals surface area contributed by atoms with Crippen molar-refractivity contribution in [2.75, 3.05) is 39.3 Å². The Morgan fingerprint density at radius 3 is 2.15 bits per heavy atom. The van der Waals surface area contributed by atoms with E-state index in [1.54, 1.807) is 0 Å². The maximum Gasteiger partial charge on any atom is 0.0802 e. The van der Waals surface area contributed by atoms with Crippen molar-refractivity contribution in [1.82, 2.24) is 9.80 Å². The van der Waals surface area contributed by atoms with Crippen LogP contribution in [0.25, 0.3) is 0 Å². The molecular formula is C17H28N2O. The van der Waals surface area contributed by atoms with Gasteiger partial charge in [0.25, 0.3) is 0 Å². The molecule has 1 atom stereocenters. The Morgan fingerprint density at radius 2 is 1.60 bits per heavy atom. The topological polar surface area (TPSA) is 26.7 Å². The predicted octanol–water partition coefficient (Wildman–Crippen LogP) is 2.31. The molecule has 0 saturated carbocycles. The van der Waals surface area contributed by atoms with Gasteiger partial charge in [-0.3, -0.25) is 0 Å². The third-order valence-corrected chi connectivity index (χ3v) is 4.40. The SMILES string of the molecule is CCc1ccc(C(O)CCN2CCN(CC)CC2)cc1. The fourth-order valence-electron chi connectivity index (χ4n) is 2.78. The predicted molar refractivity (Wildman–Crippen MR) is 84.0 cm³/mol. The summed E-state index contributed by atoms with van der Waals surface area (Å²) < 4.78 is 0. The molecule has 1 aromatic carbocycles. The smallest absolute Gasteiger partial charge is 0.0802 e. The Balaban J connectivity index is 1.75. The average molecular weight is 276 g/mol. The van der Waals surface area contributed by atoms with E-state index < -0.39 is 0 Å². The summed E-state index contributed by atoms with van der Waals surface area (Å²) in [4.78, 5) is 4.95. The highest BCUT2D eigenvalue weighted by atomic mass is 16.3. The van der Waals surface area contributed by atoms with Crippen molar-refractivity contribution in [3.05, 3.63) is 35.4 Å². The van der Waals surface area contributed by atoms with Gasteiger partial charge in [-0.15, -0.1) is 0 Å². The van der Waals surface area contributed by atoms with Crippen LogP contribution in [0.1, 0.15) is 37.5 Å². The van der Waals surface area contributed by atoms with Crippen molar-refractivity contribution < 1.29 is 5.11 Å². The molecular weight excluding hydrogens is 248 g/mol. The van der Waals surface area contributed by atoms with Gasteiger partial charge in [-0.2, -0.15) is 0 Å². The van der Waals surface area contributed by atoms with Crippen LogP contribution in [0.4, 0.5) is 0 Å². The molecule has 1 unspecified atom stereocenters. The Morgan fingerprint density at radius 1 is 1.00 bits per heavy atom. The molecule has 1 heterocycles. The largest absolute Gasteiger partial charge is 0.388 e. The zero-order valence-electron chi connectivity index (χ0n) is 12.9. The summed E-state index contributed by atoms with van der Waals surface area (Å²) in [6.07, 6.45) is 1.56. The molecule has 20 heavy (non-hydrogen) atoms. The van der Waals surface area contributed by atoms with Crippen molar-refractivity contribution in [2.45, 2.75) is 32.8 Å². The summed E-state index contributed by atoms with van der Waals surface area (Å²) in [5, 5.41) is 10.3. The minimum absolute atomic E-state index is 0.329. The third-order valence-electron chi connectivity index (χ3n) is 4.40. The second-order valence-corrected chi connectivity index (χ2v) is 5.68. The zero-order chi connectivity index (χ0) is 14.4. The summed E-state index contributed by atoms with van der Waals surface area (Å²) >= 11 is 0. The first-order valence-electron chi connectivity index (χ1n) is 7.94. The summed E-state index contributed by atoms with van der Waals surface area (Å²) in [7, 11) is 0. The average Bonchev–Trinajstić information content (AvgIpc) is 2.53. The van der Waals surface area contributed by atoms with E-state index in [9.17, 15) is 5.11 Å². The fraction of sp³-hybridized carbons (Fsp3) is 0.647. The highest BCUT2D eigenvalue weighted by Crippen LogP contribution is 2.18. The Bertz CT molecular complexity index is 382. The first-order chi connectivity index (χ1) is 9.72. The van der Waals surface area contributed by atoms with Crippen LogP contribution in [-0.2, 0) is 6.42 Å². The molecule has 0 radical (unpaired) electrons. The number of aliphatic hydroxyl groups excluding tert-OH is 1. The number of likely N-dealkylation sites (N-methyl/N-ethyl adjacent to an activating group) is 1. The van der Waals surface area contributed by atoms with Crippen LogP contribution in [0.15, 0.2) is 24.3 Å². The number of benzene rings is 1. The summed E-state index contributed by atoms with van der Waals surface area (Å²) in [5.41, 5.74) is 2.38. The van der Waals surface area contributed by atoms with E-state index in [0.29, 0.717) is 0 Å². The molecule has 1 saturated heterocycles. The highest BCUT2D eigenvalue weighted by molar-refractivity contribution is 5.24. The van der Waals surface area contributed by atoms with Crippen LogP contribution in [0.2, 0.25) is 0 Å². The number of aryl methyl sites for hydroxylation is 1. The van der Waals surface area contributed by atoms with E-state index in [-0.39, 0.29) is 6.10 Å². The van der Waals surface area contributed by atoms with Crippen LogP contribution in [0.3, 0.4) is 0 Å². The van der Waals surface area contributed by atoms with Gasteiger partial charge in [0.1, 0.15) is 0 Å². The zero-order valence-corrected chi connectivity index (χ0v) is 12.9. The Labute approximate surface area is 123 Å². The summed E-state index contributed by atoms with van der Waals surface area (Å²) in [5.74, 6) is 0. The maximum absolute atomic E-state index is 10.3. The third kappa shape index (κ3) is 4.30. The van der Waals surface area contributed by atoms with Crippen molar-refractivity contribution in [3.8, 4) is 0 Å². The van der Waals surface area contributed by atoms with Crippen LogP contribution in [-0.4, -0.2) is 54.2 Å². The molecule has 3 heteroatoms. The van der Waals surface area contributed by atoms with E-state index in [0.717, 1.165) is 57.7 Å². The van der Waals surface area contributed by atoms with Gasteiger partial charge in [-0.05, 0) is 30.5 Å². The molecule has 1 aliphatic heterocycles. The van der Waals surface area contributed by atoms with Gasteiger partial charge in [-0.1, -0.05) is 38.1 Å². The second kappa shape index (κ2) is 7.77. The quantitative estimate of drug-likeness (QED) is 0.864. The molecule has 1 aromatic rings. The molecule has 0 bridgehead atoms. The molecule has 1 N–H and O–H groups in total. The first kappa shape index (κ1) is 15.5.